The van der Waals surface area contributed by atoms with E-state index in [0.29, 0.717) is 18.9 Å². The molecule has 0 aliphatic carbocycles. The van der Waals surface area contributed by atoms with Crippen LogP contribution in [0.3, 0.4) is 0 Å². The van der Waals surface area contributed by atoms with Crippen LogP contribution in [-0.4, -0.2) is 5.90 Å². The van der Waals surface area contributed by atoms with Gasteiger partial charge in [0.25, 0.3) is 0 Å². The molecule has 0 saturated heterocycles. The van der Waals surface area contributed by atoms with Crippen molar-refractivity contribution in [3.63, 3.8) is 0 Å². The zero-order chi connectivity index (χ0) is 7.68. The second kappa shape index (κ2) is 2.38. The first-order chi connectivity index (χ1) is 5.36. The molecule has 0 fully saturated rings. The maximum absolute atomic E-state index is 7.30. The van der Waals surface area contributed by atoms with Gasteiger partial charge in [0, 0.05) is 6.42 Å². The van der Waals surface area contributed by atoms with Gasteiger partial charge in [0.05, 0.1) is 0 Å². The summed E-state index contributed by atoms with van der Waals surface area (Å²) in [7, 11) is 0. The van der Waals surface area contributed by atoms with E-state index >= 15 is 0 Å². The Morgan fingerprint density at radius 3 is 2.73 bits per heavy atom. The van der Waals surface area contributed by atoms with Gasteiger partial charge in [0.1, 0.15) is 6.61 Å². The molecule has 1 aromatic carbocycles. The number of fused-ring (bicyclic) bond motifs is 1. The van der Waals surface area contributed by atoms with Gasteiger partial charge in [-0.2, -0.15) is 0 Å². The molecule has 0 spiro atoms. The first-order valence-corrected chi connectivity index (χ1v) is 3.63. The van der Waals surface area contributed by atoms with Crippen molar-refractivity contribution in [1.29, 1.82) is 5.41 Å². The summed E-state index contributed by atoms with van der Waals surface area (Å²) in [6, 6.07) is 8.09. The lowest BCUT2D eigenvalue weighted by atomic mass is 10.0. The van der Waals surface area contributed by atoms with Crippen LogP contribution in [0.4, 0.5) is 0 Å². The lowest BCUT2D eigenvalue weighted by Gasteiger charge is -2.16. The van der Waals surface area contributed by atoms with E-state index in [0.717, 1.165) is 0 Å². The number of benzene rings is 1. The monoisotopic (exact) mass is 147 g/mol. The molecular weight excluding hydrogens is 138 g/mol. The molecule has 2 rings (SSSR count). The molecule has 0 radical (unpaired) electrons. The van der Waals surface area contributed by atoms with Crippen molar-refractivity contribution in [2.45, 2.75) is 13.0 Å². The van der Waals surface area contributed by atoms with Crippen LogP contribution in [0.15, 0.2) is 24.3 Å². The highest BCUT2D eigenvalue weighted by Crippen LogP contribution is 2.16. The van der Waals surface area contributed by atoms with E-state index in [2.05, 4.69) is 0 Å². The summed E-state index contributed by atoms with van der Waals surface area (Å²) in [6.07, 6.45) is 0.649. The zero-order valence-corrected chi connectivity index (χ0v) is 6.13. The molecule has 0 aromatic heterocycles. The summed E-state index contributed by atoms with van der Waals surface area (Å²) in [5, 5.41) is 7.30. The summed E-state index contributed by atoms with van der Waals surface area (Å²) < 4.78 is 5.09. The number of nitrogens with one attached hydrogen (secondary N) is 1. The van der Waals surface area contributed by atoms with Crippen LogP contribution in [0.2, 0.25) is 0 Å². The number of hydrogen-bond donors (Lipinski definition) is 1. The second-order valence-electron chi connectivity index (χ2n) is 2.66. The quantitative estimate of drug-likeness (QED) is 0.595. The molecular formula is C9H9NO. The first-order valence-electron chi connectivity index (χ1n) is 3.63. The minimum atomic E-state index is 0.378. The van der Waals surface area contributed by atoms with Crippen molar-refractivity contribution in [3.8, 4) is 0 Å². The molecule has 1 aromatic rings. The molecule has 2 heteroatoms. The normalized spacial score (nSPS) is 15.5. The highest BCUT2D eigenvalue weighted by molar-refractivity contribution is 5.77. The van der Waals surface area contributed by atoms with Crippen molar-refractivity contribution in [3.05, 3.63) is 35.4 Å². The third-order valence-corrected chi connectivity index (χ3v) is 1.87. The molecule has 0 unspecified atom stereocenters. The molecule has 1 aliphatic rings. The fourth-order valence-corrected chi connectivity index (χ4v) is 1.26. The van der Waals surface area contributed by atoms with E-state index in [1.54, 1.807) is 0 Å². The van der Waals surface area contributed by atoms with Crippen molar-refractivity contribution in [2.75, 3.05) is 0 Å². The minimum absolute atomic E-state index is 0.378. The van der Waals surface area contributed by atoms with E-state index in [4.69, 9.17) is 10.1 Å². The first kappa shape index (κ1) is 6.40. The lowest BCUT2D eigenvalue weighted by molar-refractivity contribution is 0.272. The van der Waals surface area contributed by atoms with E-state index in [1.807, 2.05) is 24.3 Å². The van der Waals surface area contributed by atoms with E-state index in [-0.39, 0.29) is 0 Å². The second-order valence-corrected chi connectivity index (χ2v) is 2.66. The van der Waals surface area contributed by atoms with Crippen molar-refractivity contribution in [2.24, 2.45) is 0 Å². The molecule has 0 bridgehead atoms. The predicted molar refractivity (Wildman–Crippen MR) is 42.7 cm³/mol. The average molecular weight is 147 g/mol. The van der Waals surface area contributed by atoms with E-state index in [1.165, 1.54) is 11.1 Å². The molecule has 0 amide bonds. The summed E-state index contributed by atoms with van der Waals surface area (Å²) in [4.78, 5) is 0. The summed E-state index contributed by atoms with van der Waals surface area (Å²) in [5.41, 5.74) is 2.44. The Hall–Kier alpha value is -1.31. The van der Waals surface area contributed by atoms with Crippen LogP contribution >= 0.6 is 0 Å². The fraction of sp³-hybridized carbons (Fsp3) is 0.222. The maximum Gasteiger partial charge on any atom is 0.185 e. The van der Waals surface area contributed by atoms with Gasteiger partial charge in [-0.15, -0.1) is 0 Å². The Balaban J connectivity index is 2.41. The molecule has 11 heavy (non-hydrogen) atoms. The maximum atomic E-state index is 7.30. The van der Waals surface area contributed by atoms with Gasteiger partial charge in [-0.05, 0) is 11.1 Å². The molecule has 0 saturated carbocycles. The van der Waals surface area contributed by atoms with Gasteiger partial charge in [-0.1, -0.05) is 24.3 Å². The van der Waals surface area contributed by atoms with Crippen LogP contribution in [0.25, 0.3) is 0 Å². The van der Waals surface area contributed by atoms with Crippen LogP contribution in [-0.2, 0) is 17.8 Å². The topological polar surface area (TPSA) is 33.1 Å². The molecule has 0 atom stereocenters. The van der Waals surface area contributed by atoms with Crippen LogP contribution in [0.5, 0.6) is 0 Å². The van der Waals surface area contributed by atoms with Gasteiger partial charge in [0.2, 0.25) is 0 Å². The molecule has 1 aliphatic heterocycles. The Morgan fingerprint density at radius 1 is 1.18 bits per heavy atom. The molecule has 2 nitrogen and oxygen atoms in total. The highest BCUT2D eigenvalue weighted by Gasteiger charge is 2.11. The number of rotatable bonds is 0. The Morgan fingerprint density at radius 2 is 1.91 bits per heavy atom. The fourth-order valence-electron chi connectivity index (χ4n) is 1.26. The average Bonchev–Trinajstić information content (AvgIpc) is 2.04. The summed E-state index contributed by atoms with van der Waals surface area (Å²) in [5.74, 6) is 0.378. The van der Waals surface area contributed by atoms with Crippen LogP contribution in [0, 0.1) is 5.41 Å². The molecule has 1 N–H and O–H groups in total. The predicted octanol–water partition coefficient (Wildman–Crippen LogP) is 1.74. The van der Waals surface area contributed by atoms with Gasteiger partial charge >= 0.3 is 0 Å². The molecule has 56 valence electrons. The van der Waals surface area contributed by atoms with Gasteiger partial charge in [0.15, 0.2) is 5.90 Å². The van der Waals surface area contributed by atoms with Gasteiger partial charge in [-0.3, -0.25) is 5.41 Å². The van der Waals surface area contributed by atoms with E-state index in [9.17, 15) is 0 Å². The smallest absolute Gasteiger partial charge is 0.185 e. The Bertz CT molecular complexity index is 293. The Labute approximate surface area is 65.3 Å². The summed E-state index contributed by atoms with van der Waals surface area (Å²) >= 11 is 0. The highest BCUT2D eigenvalue weighted by atomic mass is 16.5. The third kappa shape index (κ3) is 1.11. The summed E-state index contributed by atoms with van der Waals surface area (Å²) in [6.45, 7) is 0.564. The van der Waals surface area contributed by atoms with Gasteiger partial charge in [-0.25, -0.2) is 0 Å². The molecule has 1 heterocycles. The largest absolute Gasteiger partial charge is 0.476 e. The van der Waals surface area contributed by atoms with E-state index < -0.39 is 0 Å². The number of ether oxygens (including phenoxy) is 1. The van der Waals surface area contributed by atoms with Crippen molar-refractivity contribution in [1.82, 2.24) is 0 Å². The van der Waals surface area contributed by atoms with Crippen molar-refractivity contribution < 1.29 is 4.74 Å². The lowest BCUT2D eigenvalue weighted by Crippen LogP contribution is -2.14. The van der Waals surface area contributed by atoms with Crippen molar-refractivity contribution >= 4 is 5.90 Å². The Kier molecular flexibility index (Phi) is 1.39. The SMILES string of the molecule is N=C1Cc2ccccc2CO1. The van der Waals surface area contributed by atoms with Crippen LogP contribution in [0.1, 0.15) is 11.1 Å². The zero-order valence-electron chi connectivity index (χ0n) is 6.13. The van der Waals surface area contributed by atoms with Gasteiger partial charge < -0.3 is 4.74 Å². The van der Waals surface area contributed by atoms with Crippen LogP contribution < -0.4 is 0 Å². The third-order valence-electron chi connectivity index (χ3n) is 1.87. The number of hydrogen-bond acceptors (Lipinski definition) is 2. The minimum Gasteiger partial charge on any atom is -0.476 e. The standard InChI is InChI=1S/C9H9NO/c10-9-5-7-3-1-2-4-8(7)6-11-9/h1-4,10H,5-6H2.